The maximum Gasteiger partial charge on any atom is 0.161 e. The molecule has 0 saturated heterocycles. The van der Waals surface area contributed by atoms with Crippen LogP contribution >= 0.6 is 0 Å². The van der Waals surface area contributed by atoms with Gasteiger partial charge in [0.05, 0.1) is 12.7 Å². The summed E-state index contributed by atoms with van der Waals surface area (Å²) in [5.74, 6) is 1.33. The predicted molar refractivity (Wildman–Crippen MR) is 69.8 cm³/mol. The van der Waals surface area contributed by atoms with Gasteiger partial charge in [-0.05, 0) is 30.5 Å². The van der Waals surface area contributed by atoms with Crippen LogP contribution in [0.5, 0.6) is 11.5 Å². The lowest BCUT2D eigenvalue weighted by atomic mass is 10.0. The van der Waals surface area contributed by atoms with E-state index >= 15 is 0 Å². The van der Waals surface area contributed by atoms with Gasteiger partial charge in [-0.1, -0.05) is 18.9 Å². The molecule has 4 heteroatoms. The van der Waals surface area contributed by atoms with E-state index in [1.165, 1.54) is 0 Å². The molecule has 1 aliphatic rings. The summed E-state index contributed by atoms with van der Waals surface area (Å²) in [5, 5.41) is 10.3. The van der Waals surface area contributed by atoms with E-state index in [2.05, 4.69) is 0 Å². The molecule has 0 amide bonds. The summed E-state index contributed by atoms with van der Waals surface area (Å²) in [5.41, 5.74) is 5.92. The second-order valence-corrected chi connectivity index (χ2v) is 4.91. The van der Waals surface area contributed by atoms with Gasteiger partial charge < -0.3 is 20.3 Å². The molecule has 0 unspecified atom stereocenters. The standard InChI is InChI=1S/C14H21NO3/c1-17-12-5-4-11(9-15)8-13(12)18-10-14(16)6-2-3-7-14/h4-5,8,16H,2-3,6-7,9-10,15H2,1H3. The molecule has 1 aromatic carbocycles. The van der Waals surface area contributed by atoms with Crippen molar-refractivity contribution in [2.24, 2.45) is 5.73 Å². The Morgan fingerprint density at radius 3 is 2.61 bits per heavy atom. The summed E-state index contributed by atoms with van der Waals surface area (Å²) >= 11 is 0. The average Bonchev–Trinajstić information content (AvgIpc) is 2.83. The maximum atomic E-state index is 10.3. The van der Waals surface area contributed by atoms with E-state index < -0.39 is 5.60 Å². The van der Waals surface area contributed by atoms with Crippen LogP contribution in [0.4, 0.5) is 0 Å². The number of nitrogens with two attached hydrogens (primary N) is 1. The van der Waals surface area contributed by atoms with Crippen molar-refractivity contribution >= 4 is 0 Å². The monoisotopic (exact) mass is 251 g/mol. The highest BCUT2D eigenvalue weighted by Crippen LogP contribution is 2.33. The number of benzene rings is 1. The molecular weight excluding hydrogens is 230 g/mol. The lowest BCUT2D eigenvalue weighted by molar-refractivity contribution is 0.000712. The van der Waals surface area contributed by atoms with E-state index in [-0.39, 0.29) is 0 Å². The van der Waals surface area contributed by atoms with Gasteiger partial charge in [-0.25, -0.2) is 0 Å². The summed E-state index contributed by atoms with van der Waals surface area (Å²) in [4.78, 5) is 0. The molecule has 100 valence electrons. The van der Waals surface area contributed by atoms with E-state index in [0.29, 0.717) is 24.7 Å². The fourth-order valence-electron chi connectivity index (χ4n) is 2.35. The Balaban J connectivity index is 2.07. The molecule has 0 spiro atoms. The lowest BCUT2D eigenvalue weighted by Gasteiger charge is -2.23. The van der Waals surface area contributed by atoms with Crippen molar-refractivity contribution in [3.63, 3.8) is 0 Å². The van der Waals surface area contributed by atoms with Crippen molar-refractivity contribution < 1.29 is 14.6 Å². The van der Waals surface area contributed by atoms with E-state index in [1.807, 2.05) is 18.2 Å². The third-order valence-electron chi connectivity index (χ3n) is 3.49. The highest BCUT2D eigenvalue weighted by molar-refractivity contribution is 5.43. The molecule has 4 nitrogen and oxygen atoms in total. The van der Waals surface area contributed by atoms with Crippen molar-refractivity contribution in [2.45, 2.75) is 37.8 Å². The number of hydrogen-bond donors (Lipinski definition) is 2. The molecule has 18 heavy (non-hydrogen) atoms. The Kier molecular flexibility index (Phi) is 4.09. The Morgan fingerprint density at radius 2 is 2.00 bits per heavy atom. The van der Waals surface area contributed by atoms with Crippen LogP contribution in [0.25, 0.3) is 0 Å². The van der Waals surface area contributed by atoms with Crippen LogP contribution in [-0.4, -0.2) is 24.4 Å². The topological polar surface area (TPSA) is 64.7 Å². The lowest BCUT2D eigenvalue weighted by Crippen LogP contribution is -2.32. The minimum atomic E-state index is -0.677. The van der Waals surface area contributed by atoms with E-state index in [0.717, 1.165) is 31.2 Å². The number of methoxy groups -OCH3 is 1. The van der Waals surface area contributed by atoms with Gasteiger partial charge in [-0.2, -0.15) is 0 Å². The molecule has 0 heterocycles. The molecule has 1 aromatic rings. The van der Waals surface area contributed by atoms with Crippen LogP contribution in [0.1, 0.15) is 31.2 Å². The molecular formula is C14H21NO3. The van der Waals surface area contributed by atoms with E-state index in [1.54, 1.807) is 7.11 Å². The minimum absolute atomic E-state index is 0.317. The molecule has 0 aromatic heterocycles. The Morgan fingerprint density at radius 1 is 1.28 bits per heavy atom. The number of ether oxygens (including phenoxy) is 2. The van der Waals surface area contributed by atoms with Gasteiger partial charge >= 0.3 is 0 Å². The maximum absolute atomic E-state index is 10.3. The highest BCUT2D eigenvalue weighted by atomic mass is 16.5. The summed E-state index contributed by atoms with van der Waals surface area (Å²) < 4.78 is 11.0. The average molecular weight is 251 g/mol. The second kappa shape index (κ2) is 5.59. The summed E-state index contributed by atoms with van der Waals surface area (Å²) in [6.45, 7) is 0.780. The van der Waals surface area contributed by atoms with Gasteiger partial charge in [0.1, 0.15) is 6.61 Å². The van der Waals surface area contributed by atoms with Crippen molar-refractivity contribution in [1.29, 1.82) is 0 Å². The molecule has 0 bridgehead atoms. The summed E-state index contributed by atoms with van der Waals surface area (Å²) in [7, 11) is 1.61. The van der Waals surface area contributed by atoms with Crippen LogP contribution in [0.15, 0.2) is 18.2 Å². The van der Waals surface area contributed by atoms with Gasteiger partial charge in [-0.3, -0.25) is 0 Å². The zero-order valence-corrected chi connectivity index (χ0v) is 10.8. The smallest absolute Gasteiger partial charge is 0.161 e. The van der Waals surface area contributed by atoms with E-state index in [9.17, 15) is 5.11 Å². The Hall–Kier alpha value is -1.26. The molecule has 0 atom stereocenters. The zero-order chi connectivity index (χ0) is 13.0. The highest BCUT2D eigenvalue weighted by Gasteiger charge is 2.32. The quantitative estimate of drug-likeness (QED) is 0.838. The molecule has 0 aliphatic heterocycles. The van der Waals surface area contributed by atoms with Crippen molar-refractivity contribution in [2.75, 3.05) is 13.7 Å². The molecule has 1 fully saturated rings. The SMILES string of the molecule is COc1ccc(CN)cc1OCC1(O)CCCC1. The van der Waals surface area contributed by atoms with Crippen molar-refractivity contribution in [1.82, 2.24) is 0 Å². The first-order valence-electron chi connectivity index (χ1n) is 6.39. The van der Waals surface area contributed by atoms with E-state index in [4.69, 9.17) is 15.2 Å². The normalized spacial score (nSPS) is 17.7. The molecule has 3 N–H and O–H groups in total. The van der Waals surface area contributed by atoms with Crippen LogP contribution in [-0.2, 0) is 6.54 Å². The minimum Gasteiger partial charge on any atom is -0.493 e. The van der Waals surface area contributed by atoms with Crippen LogP contribution in [0.2, 0.25) is 0 Å². The van der Waals surface area contributed by atoms with Gasteiger partial charge in [-0.15, -0.1) is 0 Å². The van der Waals surface area contributed by atoms with Crippen LogP contribution < -0.4 is 15.2 Å². The second-order valence-electron chi connectivity index (χ2n) is 4.91. The fourth-order valence-corrected chi connectivity index (χ4v) is 2.35. The predicted octanol–water partition coefficient (Wildman–Crippen LogP) is 1.84. The molecule has 0 radical (unpaired) electrons. The molecule has 1 saturated carbocycles. The van der Waals surface area contributed by atoms with Gasteiger partial charge in [0.15, 0.2) is 11.5 Å². The Bertz CT molecular complexity index is 400. The summed E-state index contributed by atoms with van der Waals surface area (Å²) in [6.07, 6.45) is 3.76. The van der Waals surface area contributed by atoms with Gasteiger partial charge in [0, 0.05) is 6.54 Å². The van der Waals surface area contributed by atoms with Crippen LogP contribution in [0, 0.1) is 0 Å². The largest absolute Gasteiger partial charge is 0.493 e. The van der Waals surface area contributed by atoms with Gasteiger partial charge in [0.2, 0.25) is 0 Å². The third kappa shape index (κ3) is 2.94. The zero-order valence-electron chi connectivity index (χ0n) is 10.8. The first kappa shape index (κ1) is 13.2. The van der Waals surface area contributed by atoms with Crippen molar-refractivity contribution in [3.8, 4) is 11.5 Å². The molecule has 2 rings (SSSR count). The number of aliphatic hydroxyl groups is 1. The first-order valence-corrected chi connectivity index (χ1v) is 6.39. The van der Waals surface area contributed by atoms with Gasteiger partial charge in [0.25, 0.3) is 0 Å². The summed E-state index contributed by atoms with van der Waals surface area (Å²) in [6, 6.07) is 5.63. The first-order chi connectivity index (χ1) is 8.67. The van der Waals surface area contributed by atoms with Crippen LogP contribution in [0.3, 0.4) is 0 Å². The Labute approximate surface area is 108 Å². The number of rotatable bonds is 5. The van der Waals surface area contributed by atoms with Crippen molar-refractivity contribution in [3.05, 3.63) is 23.8 Å². The number of hydrogen-bond acceptors (Lipinski definition) is 4. The molecule has 1 aliphatic carbocycles. The fraction of sp³-hybridized carbons (Fsp3) is 0.571. The third-order valence-corrected chi connectivity index (χ3v) is 3.49.